The highest BCUT2D eigenvalue weighted by atomic mass is 16.5. The molecule has 1 amide bonds. The minimum absolute atomic E-state index is 0.00514. The van der Waals surface area contributed by atoms with Gasteiger partial charge in [0.25, 0.3) is 0 Å². The molecule has 1 fully saturated rings. The Labute approximate surface area is 102 Å². The van der Waals surface area contributed by atoms with Crippen molar-refractivity contribution in [2.24, 2.45) is 0 Å². The van der Waals surface area contributed by atoms with Crippen LogP contribution in [0.3, 0.4) is 0 Å². The normalized spacial score (nSPS) is 19.4. The fourth-order valence-corrected chi connectivity index (χ4v) is 1.96. The highest BCUT2D eigenvalue weighted by Crippen LogP contribution is 2.11. The standard InChI is InChI=1S/C12H22N2O3/c1-4-17-11(15)8-14(9(2)3)12(16)10-6-5-7-13-10/h9-10,13H,4-8H2,1-3H3/t10-/m1/s1. The minimum Gasteiger partial charge on any atom is -0.465 e. The Balaban J connectivity index is 2.58. The van der Waals surface area contributed by atoms with Crippen LogP contribution in [0.25, 0.3) is 0 Å². The Bertz CT molecular complexity index is 273. The summed E-state index contributed by atoms with van der Waals surface area (Å²) in [5, 5.41) is 3.15. The number of carbonyl (C=O) groups excluding carboxylic acids is 2. The topological polar surface area (TPSA) is 58.6 Å². The average Bonchev–Trinajstić information content (AvgIpc) is 2.78. The summed E-state index contributed by atoms with van der Waals surface area (Å²) in [5.74, 6) is -0.335. The van der Waals surface area contributed by atoms with Gasteiger partial charge in [0.05, 0.1) is 12.6 Å². The predicted octanol–water partition coefficient (Wildman–Crippen LogP) is 0.539. The first-order valence-electron chi connectivity index (χ1n) is 6.25. The van der Waals surface area contributed by atoms with E-state index in [1.165, 1.54) is 0 Å². The predicted molar refractivity (Wildman–Crippen MR) is 64.5 cm³/mol. The largest absolute Gasteiger partial charge is 0.465 e. The van der Waals surface area contributed by atoms with E-state index in [9.17, 15) is 9.59 Å². The van der Waals surface area contributed by atoms with Gasteiger partial charge in [-0.3, -0.25) is 9.59 Å². The second-order valence-corrected chi connectivity index (χ2v) is 4.51. The number of hydrogen-bond donors (Lipinski definition) is 1. The molecule has 0 aromatic rings. The number of carbonyl (C=O) groups is 2. The molecular weight excluding hydrogens is 220 g/mol. The van der Waals surface area contributed by atoms with Crippen molar-refractivity contribution in [2.45, 2.75) is 45.7 Å². The van der Waals surface area contributed by atoms with Gasteiger partial charge in [-0.05, 0) is 40.2 Å². The average molecular weight is 242 g/mol. The molecule has 0 spiro atoms. The zero-order valence-electron chi connectivity index (χ0n) is 10.9. The number of esters is 1. The summed E-state index contributed by atoms with van der Waals surface area (Å²) in [4.78, 5) is 25.2. The molecular formula is C12H22N2O3. The molecule has 1 heterocycles. The van der Waals surface area contributed by atoms with Gasteiger partial charge in [0.15, 0.2) is 0 Å². The van der Waals surface area contributed by atoms with Gasteiger partial charge >= 0.3 is 5.97 Å². The molecule has 17 heavy (non-hydrogen) atoms. The van der Waals surface area contributed by atoms with Crippen LogP contribution in [-0.2, 0) is 14.3 Å². The highest BCUT2D eigenvalue weighted by Gasteiger charge is 2.29. The van der Waals surface area contributed by atoms with Crippen LogP contribution in [0.2, 0.25) is 0 Å². The molecule has 1 aliphatic rings. The second-order valence-electron chi connectivity index (χ2n) is 4.51. The molecule has 0 saturated carbocycles. The molecule has 5 heteroatoms. The lowest BCUT2D eigenvalue weighted by Gasteiger charge is -2.28. The summed E-state index contributed by atoms with van der Waals surface area (Å²) in [6, 6.07) is -0.124. The molecule has 1 N–H and O–H groups in total. The molecule has 0 aliphatic carbocycles. The number of nitrogens with one attached hydrogen (secondary N) is 1. The summed E-state index contributed by atoms with van der Waals surface area (Å²) in [6.45, 7) is 6.85. The maximum atomic E-state index is 12.2. The van der Waals surface area contributed by atoms with Gasteiger partial charge in [-0.25, -0.2) is 0 Å². The maximum Gasteiger partial charge on any atom is 0.325 e. The zero-order valence-corrected chi connectivity index (χ0v) is 10.9. The van der Waals surface area contributed by atoms with Crippen LogP contribution in [0.15, 0.2) is 0 Å². The van der Waals surface area contributed by atoms with E-state index < -0.39 is 0 Å². The van der Waals surface area contributed by atoms with Crippen molar-refractivity contribution in [3.63, 3.8) is 0 Å². The minimum atomic E-state index is -0.340. The van der Waals surface area contributed by atoms with E-state index in [2.05, 4.69) is 5.32 Å². The van der Waals surface area contributed by atoms with Crippen LogP contribution >= 0.6 is 0 Å². The molecule has 98 valence electrons. The van der Waals surface area contributed by atoms with Crippen molar-refractivity contribution in [1.29, 1.82) is 0 Å². The SMILES string of the molecule is CCOC(=O)CN(C(=O)[C@H]1CCCN1)C(C)C. The summed E-state index contributed by atoms with van der Waals surface area (Å²) in [7, 11) is 0. The van der Waals surface area contributed by atoms with E-state index in [1.54, 1.807) is 11.8 Å². The van der Waals surface area contributed by atoms with Crippen molar-refractivity contribution in [2.75, 3.05) is 19.7 Å². The second kappa shape index (κ2) is 6.59. The van der Waals surface area contributed by atoms with Crippen molar-refractivity contribution in [1.82, 2.24) is 10.2 Å². The number of hydrogen-bond acceptors (Lipinski definition) is 4. The molecule has 1 rings (SSSR count). The Morgan fingerprint density at radius 1 is 1.47 bits per heavy atom. The lowest BCUT2D eigenvalue weighted by molar-refractivity contribution is -0.150. The van der Waals surface area contributed by atoms with Crippen LogP contribution in [0.4, 0.5) is 0 Å². The molecule has 1 saturated heterocycles. The van der Waals surface area contributed by atoms with E-state index in [4.69, 9.17) is 4.74 Å². The zero-order chi connectivity index (χ0) is 12.8. The molecule has 0 bridgehead atoms. The molecule has 0 aromatic carbocycles. The van der Waals surface area contributed by atoms with Gasteiger partial charge in [0.2, 0.25) is 5.91 Å². The van der Waals surface area contributed by atoms with Crippen molar-refractivity contribution >= 4 is 11.9 Å². The highest BCUT2D eigenvalue weighted by molar-refractivity contribution is 5.86. The first-order valence-corrected chi connectivity index (χ1v) is 6.25. The Hall–Kier alpha value is -1.10. The molecule has 5 nitrogen and oxygen atoms in total. The molecule has 1 atom stereocenters. The summed E-state index contributed by atoms with van der Waals surface area (Å²) in [6.07, 6.45) is 1.87. The van der Waals surface area contributed by atoms with Gasteiger partial charge in [-0.2, -0.15) is 0 Å². The van der Waals surface area contributed by atoms with Gasteiger partial charge < -0.3 is 15.0 Å². The Morgan fingerprint density at radius 2 is 2.18 bits per heavy atom. The van der Waals surface area contributed by atoms with Crippen molar-refractivity contribution in [3.8, 4) is 0 Å². The van der Waals surface area contributed by atoms with Gasteiger partial charge in [-0.1, -0.05) is 0 Å². The molecule has 1 aliphatic heterocycles. The van der Waals surface area contributed by atoms with Crippen LogP contribution in [-0.4, -0.2) is 48.6 Å². The monoisotopic (exact) mass is 242 g/mol. The Kier molecular flexibility index (Phi) is 5.41. The van der Waals surface area contributed by atoms with Gasteiger partial charge in [-0.15, -0.1) is 0 Å². The molecule has 0 aromatic heterocycles. The first kappa shape index (κ1) is 14.0. The number of rotatable bonds is 5. The third-order valence-electron chi connectivity index (χ3n) is 2.87. The van der Waals surface area contributed by atoms with Crippen molar-refractivity contribution < 1.29 is 14.3 Å². The van der Waals surface area contributed by atoms with Gasteiger partial charge in [0.1, 0.15) is 6.54 Å². The summed E-state index contributed by atoms with van der Waals surface area (Å²) in [5.41, 5.74) is 0. The summed E-state index contributed by atoms with van der Waals surface area (Å²) < 4.78 is 4.88. The molecule has 0 radical (unpaired) electrons. The Morgan fingerprint density at radius 3 is 2.65 bits per heavy atom. The smallest absolute Gasteiger partial charge is 0.325 e. The van der Waals surface area contributed by atoms with Crippen LogP contribution in [0, 0.1) is 0 Å². The molecule has 0 unspecified atom stereocenters. The van der Waals surface area contributed by atoms with E-state index in [-0.39, 0.29) is 30.5 Å². The number of amides is 1. The maximum absolute atomic E-state index is 12.2. The van der Waals surface area contributed by atoms with Gasteiger partial charge in [0, 0.05) is 6.04 Å². The van der Waals surface area contributed by atoms with Crippen LogP contribution in [0.5, 0.6) is 0 Å². The fourth-order valence-electron chi connectivity index (χ4n) is 1.96. The quantitative estimate of drug-likeness (QED) is 0.715. The lowest BCUT2D eigenvalue weighted by Crippen LogP contribution is -2.49. The number of nitrogens with zero attached hydrogens (tertiary/aromatic N) is 1. The van der Waals surface area contributed by atoms with E-state index in [0.717, 1.165) is 19.4 Å². The first-order chi connectivity index (χ1) is 8.06. The third-order valence-corrected chi connectivity index (χ3v) is 2.87. The lowest BCUT2D eigenvalue weighted by atomic mass is 10.1. The van der Waals surface area contributed by atoms with E-state index in [0.29, 0.717) is 6.61 Å². The number of ether oxygens (including phenoxy) is 1. The van der Waals surface area contributed by atoms with Crippen LogP contribution in [0.1, 0.15) is 33.6 Å². The summed E-state index contributed by atoms with van der Waals surface area (Å²) >= 11 is 0. The van der Waals surface area contributed by atoms with Crippen LogP contribution < -0.4 is 5.32 Å². The van der Waals surface area contributed by atoms with Crippen molar-refractivity contribution in [3.05, 3.63) is 0 Å². The van der Waals surface area contributed by atoms with E-state index in [1.807, 2.05) is 13.8 Å². The fraction of sp³-hybridized carbons (Fsp3) is 0.833. The van der Waals surface area contributed by atoms with E-state index >= 15 is 0 Å². The third kappa shape index (κ3) is 4.00.